The molecule has 0 aliphatic rings. The maximum Gasteiger partial charge on any atom is 0.225 e. The van der Waals surface area contributed by atoms with Crippen LogP contribution in [0.25, 0.3) is 16.3 Å². The van der Waals surface area contributed by atoms with Crippen molar-refractivity contribution in [3.63, 3.8) is 0 Å². The molecule has 0 aliphatic carbocycles. The van der Waals surface area contributed by atoms with E-state index in [1.165, 1.54) is 5.56 Å². The lowest BCUT2D eigenvalue weighted by atomic mass is 9.96. The van der Waals surface area contributed by atoms with Crippen molar-refractivity contribution in [1.82, 2.24) is 19.9 Å². The standard InChI is InChI=1S/C18H22N4OS/c1-12-6-5-7-13(10-12)15-20-17-22(21-15)14(11-24-17)8-9-19-16(23)18(2,3)4/h5-7,10-11H,8-9H2,1-4H3,(H,19,23). The van der Waals surface area contributed by atoms with Crippen molar-refractivity contribution >= 4 is 22.2 Å². The Bertz CT molecular complexity index is 873. The van der Waals surface area contributed by atoms with E-state index >= 15 is 0 Å². The van der Waals surface area contributed by atoms with E-state index in [2.05, 4.69) is 39.8 Å². The summed E-state index contributed by atoms with van der Waals surface area (Å²) in [5.41, 5.74) is 2.92. The van der Waals surface area contributed by atoms with Crippen molar-refractivity contribution < 1.29 is 4.79 Å². The number of carbonyl (C=O) groups is 1. The highest BCUT2D eigenvalue weighted by Crippen LogP contribution is 2.21. The predicted molar refractivity (Wildman–Crippen MR) is 97.2 cm³/mol. The van der Waals surface area contributed by atoms with E-state index in [4.69, 9.17) is 0 Å². The van der Waals surface area contributed by atoms with Gasteiger partial charge in [0.1, 0.15) is 0 Å². The number of fused-ring (bicyclic) bond motifs is 1. The molecule has 0 unspecified atom stereocenters. The highest BCUT2D eigenvalue weighted by atomic mass is 32.1. The number of benzene rings is 1. The van der Waals surface area contributed by atoms with Gasteiger partial charge in [-0.15, -0.1) is 16.4 Å². The monoisotopic (exact) mass is 342 g/mol. The lowest BCUT2D eigenvalue weighted by molar-refractivity contribution is -0.128. The molecule has 0 aliphatic heterocycles. The van der Waals surface area contributed by atoms with Gasteiger partial charge in [-0.1, -0.05) is 44.5 Å². The van der Waals surface area contributed by atoms with Crippen LogP contribution in [0.2, 0.25) is 0 Å². The van der Waals surface area contributed by atoms with Crippen LogP contribution in [0.15, 0.2) is 29.6 Å². The zero-order valence-electron chi connectivity index (χ0n) is 14.5. The van der Waals surface area contributed by atoms with Gasteiger partial charge >= 0.3 is 0 Å². The minimum Gasteiger partial charge on any atom is -0.355 e. The first-order valence-electron chi connectivity index (χ1n) is 8.03. The van der Waals surface area contributed by atoms with Crippen molar-refractivity contribution in [2.45, 2.75) is 34.1 Å². The first kappa shape index (κ1) is 16.6. The van der Waals surface area contributed by atoms with Crippen molar-refractivity contribution in [3.05, 3.63) is 40.9 Å². The number of aryl methyl sites for hydroxylation is 1. The average Bonchev–Trinajstić information content (AvgIpc) is 3.08. The second kappa shape index (κ2) is 6.36. The summed E-state index contributed by atoms with van der Waals surface area (Å²) in [6.45, 7) is 8.40. The number of hydrogen-bond acceptors (Lipinski definition) is 4. The molecule has 24 heavy (non-hydrogen) atoms. The lowest BCUT2D eigenvalue weighted by Crippen LogP contribution is -2.36. The van der Waals surface area contributed by atoms with Gasteiger partial charge in [0, 0.05) is 29.3 Å². The Morgan fingerprint density at radius 3 is 2.83 bits per heavy atom. The molecule has 126 valence electrons. The van der Waals surface area contributed by atoms with Gasteiger partial charge in [-0.25, -0.2) is 4.52 Å². The minimum atomic E-state index is -0.366. The third kappa shape index (κ3) is 3.48. The molecular formula is C18H22N4OS. The Hall–Kier alpha value is -2.21. The van der Waals surface area contributed by atoms with Crippen LogP contribution in [0.4, 0.5) is 0 Å². The fraction of sp³-hybridized carbons (Fsp3) is 0.389. The lowest BCUT2D eigenvalue weighted by Gasteiger charge is -2.17. The predicted octanol–water partition coefficient (Wildman–Crippen LogP) is 3.47. The Labute approximate surface area is 145 Å². The number of carbonyl (C=O) groups excluding carboxylic acids is 1. The van der Waals surface area contributed by atoms with Crippen LogP contribution in [0, 0.1) is 12.3 Å². The van der Waals surface area contributed by atoms with Crippen LogP contribution < -0.4 is 5.32 Å². The summed E-state index contributed by atoms with van der Waals surface area (Å²) in [5, 5.41) is 9.66. The molecular weight excluding hydrogens is 320 g/mol. The second-order valence-electron chi connectivity index (χ2n) is 6.98. The number of hydrogen-bond donors (Lipinski definition) is 1. The molecule has 0 bridgehead atoms. The first-order valence-corrected chi connectivity index (χ1v) is 8.91. The summed E-state index contributed by atoms with van der Waals surface area (Å²) >= 11 is 1.57. The highest BCUT2D eigenvalue weighted by Gasteiger charge is 2.20. The van der Waals surface area contributed by atoms with E-state index in [1.54, 1.807) is 11.3 Å². The maximum absolute atomic E-state index is 11.9. The molecule has 3 rings (SSSR count). The average molecular weight is 342 g/mol. The van der Waals surface area contributed by atoms with E-state index in [-0.39, 0.29) is 11.3 Å². The molecule has 0 fully saturated rings. The smallest absolute Gasteiger partial charge is 0.225 e. The van der Waals surface area contributed by atoms with E-state index in [9.17, 15) is 4.79 Å². The SMILES string of the molecule is Cc1cccc(-c2nc3scc(CCNC(=O)C(C)(C)C)n3n2)c1. The third-order valence-electron chi connectivity index (χ3n) is 3.77. The van der Waals surface area contributed by atoms with Crippen molar-refractivity contribution in [3.8, 4) is 11.4 Å². The summed E-state index contributed by atoms with van der Waals surface area (Å²) in [4.78, 5) is 17.4. The van der Waals surface area contributed by atoms with Gasteiger partial charge in [-0.2, -0.15) is 4.98 Å². The molecule has 0 saturated heterocycles. The van der Waals surface area contributed by atoms with Gasteiger partial charge in [-0.3, -0.25) is 4.79 Å². The summed E-state index contributed by atoms with van der Waals surface area (Å²) < 4.78 is 1.88. The van der Waals surface area contributed by atoms with Crippen LogP contribution in [0.5, 0.6) is 0 Å². The van der Waals surface area contributed by atoms with Gasteiger partial charge in [0.25, 0.3) is 0 Å². The molecule has 0 radical (unpaired) electrons. The maximum atomic E-state index is 11.9. The van der Waals surface area contributed by atoms with Crippen LogP contribution in [-0.4, -0.2) is 27.0 Å². The molecule has 1 amide bonds. The minimum absolute atomic E-state index is 0.0630. The van der Waals surface area contributed by atoms with Crippen LogP contribution in [0.1, 0.15) is 32.0 Å². The zero-order chi connectivity index (χ0) is 17.3. The van der Waals surface area contributed by atoms with E-state index in [0.29, 0.717) is 6.54 Å². The molecule has 1 N–H and O–H groups in total. The number of aromatic nitrogens is 3. The van der Waals surface area contributed by atoms with E-state index in [0.717, 1.165) is 28.5 Å². The third-order valence-corrected chi connectivity index (χ3v) is 4.64. The topological polar surface area (TPSA) is 59.3 Å². The number of nitrogens with zero attached hydrogens (tertiary/aromatic N) is 3. The highest BCUT2D eigenvalue weighted by molar-refractivity contribution is 7.15. The first-order chi connectivity index (χ1) is 11.3. The fourth-order valence-electron chi connectivity index (χ4n) is 2.37. The molecule has 5 nitrogen and oxygen atoms in total. The Kier molecular flexibility index (Phi) is 4.41. The van der Waals surface area contributed by atoms with Crippen LogP contribution >= 0.6 is 11.3 Å². The molecule has 0 atom stereocenters. The summed E-state index contributed by atoms with van der Waals surface area (Å²) in [6, 6.07) is 8.19. The van der Waals surface area contributed by atoms with E-state index in [1.807, 2.05) is 37.4 Å². The number of amides is 1. The molecule has 3 aromatic rings. The largest absolute Gasteiger partial charge is 0.355 e. The Morgan fingerprint density at radius 1 is 1.33 bits per heavy atom. The van der Waals surface area contributed by atoms with Crippen molar-refractivity contribution in [2.24, 2.45) is 5.41 Å². The Balaban J connectivity index is 1.75. The summed E-state index contributed by atoms with van der Waals surface area (Å²) in [6.07, 6.45) is 0.735. The van der Waals surface area contributed by atoms with Gasteiger partial charge in [0.15, 0.2) is 5.82 Å². The molecule has 0 saturated carbocycles. The van der Waals surface area contributed by atoms with Gasteiger partial charge in [0.2, 0.25) is 10.9 Å². The van der Waals surface area contributed by atoms with Gasteiger partial charge in [-0.05, 0) is 13.0 Å². The van der Waals surface area contributed by atoms with E-state index < -0.39 is 0 Å². The van der Waals surface area contributed by atoms with Crippen LogP contribution in [0.3, 0.4) is 0 Å². The molecule has 6 heteroatoms. The molecule has 2 aromatic heterocycles. The molecule has 2 heterocycles. The number of thiazole rings is 1. The molecule has 1 aromatic carbocycles. The van der Waals surface area contributed by atoms with Gasteiger partial charge < -0.3 is 5.32 Å². The number of rotatable bonds is 4. The molecule has 0 spiro atoms. The van der Waals surface area contributed by atoms with Crippen molar-refractivity contribution in [2.75, 3.05) is 6.54 Å². The summed E-state index contributed by atoms with van der Waals surface area (Å²) in [5.74, 6) is 0.804. The fourth-order valence-corrected chi connectivity index (χ4v) is 3.23. The Morgan fingerprint density at radius 2 is 2.12 bits per heavy atom. The second-order valence-corrected chi connectivity index (χ2v) is 7.82. The quantitative estimate of drug-likeness (QED) is 0.790. The normalized spacial score (nSPS) is 11.8. The van der Waals surface area contributed by atoms with Gasteiger partial charge in [0.05, 0.1) is 5.69 Å². The van der Waals surface area contributed by atoms with Crippen LogP contribution in [-0.2, 0) is 11.2 Å². The zero-order valence-corrected chi connectivity index (χ0v) is 15.3. The summed E-state index contributed by atoms with van der Waals surface area (Å²) in [7, 11) is 0. The number of nitrogens with one attached hydrogen (secondary N) is 1. The van der Waals surface area contributed by atoms with Crippen molar-refractivity contribution in [1.29, 1.82) is 0 Å².